The van der Waals surface area contributed by atoms with Crippen molar-refractivity contribution in [1.82, 2.24) is 10.2 Å². The van der Waals surface area contributed by atoms with Crippen molar-refractivity contribution in [2.75, 3.05) is 46.5 Å². The molecule has 0 bridgehead atoms. The Morgan fingerprint density at radius 2 is 2.29 bits per heavy atom. The molecule has 0 spiro atoms. The summed E-state index contributed by atoms with van der Waals surface area (Å²) in [6, 6.07) is 6.52. The molecule has 1 saturated heterocycles. The summed E-state index contributed by atoms with van der Waals surface area (Å²) in [5.74, 6) is 2.67. The molecule has 0 saturated carbocycles. The molecule has 132 valence electrons. The minimum absolute atomic E-state index is 0.621. The van der Waals surface area contributed by atoms with Gasteiger partial charge in [-0.3, -0.25) is 4.99 Å². The van der Waals surface area contributed by atoms with Crippen LogP contribution in [0.15, 0.2) is 23.2 Å². The molecule has 1 atom stereocenters. The van der Waals surface area contributed by atoms with Crippen LogP contribution in [0.4, 0.5) is 0 Å². The van der Waals surface area contributed by atoms with Gasteiger partial charge < -0.3 is 19.7 Å². The van der Waals surface area contributed by atoms with Crippen LogP contribution in [0.5, 0.6) is 5.75 Å². The Kier molecular flexibility index (Phi) is 5.96. The maximum atomic E-state index is 5.57. The Labute approximate surface area is 145 Å². The lowest BCUT2D eigenvalue weighted by Crippen LogP contribution is -2.41. The fourth-order valence-corrected chi connectivity index (χ4v) is 3.36. The first-order valence-electron chi connectivity index (χ1n) is 9.08. The second-order valence-corrected chi connectivity index (χ2v) is 6.64. The Morgan fingerprint density at radius 1 is 1.38 bits per heavy atom. The van der Waals surface area contributed by atoms with Gasteiger partial charge in [-0.05, 0) is 37.0 Å². The average Bonchev–Trinajstić information content (AvgIpc) is 3.24. The van der Waals surface area contributed by atoms with E-state index in [9.17, 15) is 0 Å². The van der Waals surface area contributed by atoms with E-state index in [0.29, 0.717) is 5.92 Å². The van der Waals surface area contributed by atoms with E-state index in [1.807, 2.05) is 0 Å². The van der Waals surface area contributed by atoms with Gasteiger partial charge in [-0.1, -0.05) is 12.1 Å². The quantitative estimate of drug-likeness (QED) is 0.640. The monoisotopic (exact) mass is 331 g/mol. The molecule has 2 heterocycles. The van der Waals surface area contributed by atoms with E-state index in [4.69, 9.17) is 14.5 Å². The molecule has 0 aliphatic carbocycles. The molecule has 1 unspecified atom stereocenters. The van der Waals surface area contributed by atoms with Crippen molar-refractivity contribution in [3.8, 4) is 5.75 Å². The zero-order chi connectivity index (χ0) is 16.8. The number of nitrogens with zero attached hydrogens (tertiary/aromatic N) is 2. The van der Waals surface area contributed by atoms with Crippen LogP contribution < -0.4 is 10.1 Å². The molecular formula is C19H29N3O2. The third-order valence-electron chi connectivity index (χ3n) is 4.67. The molecule has 1 aromatic carbocycles. The van der Waals surface area contributed by atoms with Gasteiger partial charge in [0.1, 0.15) is 5.75 Å². The van der Waals surface area contributed by atoms with E-state index in [2.05, 4.69) is 42.4 Å². The lowest BCUT2D eigenvalue weighted by Gasteiger charge is -2.24. The van der Waals surface area contributed by atoms with Crippen LogP contribution in [-0.4, -0.2) is 57.4 Å². The van der Waals surface area contributed by atoms with Crippen molar-refractivity contribution in [2.45, 2.75) is 26.2 Å². The normalized spacial score (nSPS) is 19.9. The molecule has 5 nitrogen and oxygen atoms in total. The summed E-state index contributed by atoms with van der Waals surface area (Å²) in [5.41, 5.74) is 2.67. The van der Waals surface area contributed by atoms with Gasteiger partial charge in [0, 0.05) is 45.6 Å². The summed E-state index contributed by atoms with van der Waals surface area (Å²) in [6.45, 7) is 7.39. The molecule has 0 radical (unpaired) electrons. The maximum absolute atomic E-state index is 5.57. The molecule has 0 amide bonds. The summed E-state index contributed by atoms with van der Waals surface area (Å²) in [6.07, 6.45) is 3.14. The van der Waals surface area contributed by atoms with Gasteiger partial charge in [-0.15, -0.1) is 0 Å². The largest absolute Gasteiger partial charge is 0.493 e. The average molecular weight is 331 g/mol. The number of ether oxygens (including phenoxy) is 2. The number of aliphatic imine (C=N–C) groups is 1. The smallest absolute Gasteiger partial charge is 0.193 e. The first-order valence-corrected chi connectivity index (χ1v) is 9.08. The molecule has 1 N–H and O–H groups in total. The number of rotatable bonds is 6. The highest BCUT2D eigenvalue weighted by molar-refractivity contribution is 5.79. The van der Waals surface area contributed by atoms with E-state index >= 15 is 0 Å². The zero-order valence-corrected chi connectivity index (χ0v) is 14.9. The van der Waals surface area contributed by atoms with Crippen molar-refractivity contribution >= 4 is 5.96 Å². The minimum Gasteiger partial charge on any atom is -0.493 e. The van der Waals surface area contributed by atoms with E-state index in [1.54, 1.807) is 0 Å². The van der Waals surface area contributed by atoms with Crippen molar-refractivity contribution in [1.29, 1.82) is 0 Å². The van der Waals surface area contributed by atoms with Crippen LogP contribution in [-0.2, 0) is 17.6 Å². The van der Waals surface area contributed by atoms with Crippen LogP contribution in [0.2, 0.25) is 0 Å². The highest BCUT2D eigenvalue weighted by Gasteiger charge is 2.19. The highest BCUT2D eigenvalue weighted by Crippen LogP contribution is 2.26. The van der Waals surface area contributed by atoms with Crippen molar-refractivity contribution in [2.24, 2.45) is 10.9 Å². The molecule has 2 aliphatic rings. The van der Waals surface area contributed by atoms with Gasteiger partial charge in [0.25, 0.3) is 0 Å². The molecular weight excluding hydrogens is 302 g/mol. The lowest BCUT2D eigenvalue weighted by atomic mass is 10.1. The summed E-state index contributed by atoms with van der Waals surface area (Å²) in [5, 5.41) is 3.40. The number of guanidine groups is 1. The van der Waals surface area contributed by atoms with Crippen LogP contribution in [0.25, 0.3) is 0 Å². The lowest BCUT2D eigenvalue weighted by molar-refractivity contribution is 0.181. The van der Waals surface area contributed by atoms with Crippen LogP contribution in [0, 0.1) is 5.92 Å². The van der Waals surface area contributed by atoms with E-state index in [-0.39, 0.29) is 0 Å². The van der Waals surface area contributed by atoms with Gasteiger partial charge in [0.05, 0.1) is 13.2 Å². The van der Waals surface area contributed by atoms with E-state index < -0.39 is 0 Å². The SMILES string of the molecule is CCNC(=NCCc1ccc2c(c1)CCO2)N(C)CC1CCOC1. The molecule has 1 fully saturated rings. The number of hydrogen-bond acceptors (Lipinski definition) is 3. The van der Waals surface area contributed by atoms with Crippen molar-refractivity contribution in [3.05, 3.63) is 29.3 Å². The van der Waals surface area contributed by atoms with E-state index in [0.717, 1.165) is 70.4 Å². The third-order valence-corrected chi connectivity index (χ3v) is 4.67. The van der Waals surface area contributed by atoms with Crippen LogP contribution >= 0.6 is 0 Å². The minimum atomic E-state index is 0.621. The van der Waals surface area contributed by atoms with E-state index in [1.165, 1.54) is 11.1 Å². The molecule has 2 aliphatic heterocycles. The van der Waals surface area contributed by atoms with Crippen molar-refractivity contribution in [3.63, 3.8) is 0 Å². The fraction of sp³-hybridized carbons (Fsp3) is 0.632. The number of fused-ring (bicyclic) bond motifs is 1. The summed E-state index contributed by atoms with van der Waals surface area (Å²) >= 11 is 0. The number of hydrogen-bond donors (Lipinski definition) is 1. The molecule has 24 heavy (non-hydrogen) atoms. The molecule has 0 aromatic heterocycles. The molecule has 1 aromatic rings. The number of benzene rings is 1. The van der Waals surface area contributed by atoms with Crippen molar-refractivity contribution < 1.29 is 9.47 Å². The third kappa shape index (κ3) is 4.41. The summed E-state index contributed by atoms with van der Waals surface area (Å²) in [4.78, 5) is 7.04. The van der Waals surface area contributed by atoms with Gasteiger partial charge in [-0.2, -0.15) is 0 Å². The fourth-order valence-electron chi connectivity index (χ4n) is 3.36. The van der Waals surface area contributed by atoms with Gasteiger partial charge >= 0.3 is 0 Å². The van der Waals surface area contributed by atoms with Crippen LogP contribution in [0.3, 0.4) is 0 Å². The van der Waals surface area contributed by atoms with Crippen LogP contribution in [0.1, 0.15) is 24.5 Å². The van der Waals surface area contributed by atoms with Gasteiger partial charge in [0.15, 0.2) is 5.96 Å². The predicted molar refractivity (Wildman–Crippen MR) is 96.9 cm³/mol. The van der Waals surface area contributed by atoms with Gasteiger partial charge in [-0.25, -0.2) is 0 Å². The first-order chi connectivity index (χ1) is 11.8. The number of nitrogens with one attached hydrogen (secondary N) is 1. The highest BCUT2D eigenvalue weighted by atomic mass is 16.5. The first kappa shape index (κ1) is 17.1. The maximum Gasteiger partial charge on any atom is 0.193 e. The zero-order valence-electron chi connectivity index (χ0n) is 14.9. The Bertz CT molecular complexity index is 568. The molecule has 3 rings (SSSR count). The standard InChI is InChI=1S/C19H29N3O2/c1-3-20-19(22(2)13-16-7-10-23-14-16)21-9-6-15-4-5-18-17(12-15)8-11-24-18/h4-5,12,16H,3,6-11,13-14H2,1-2H3,(H,20,21). The Hall–Kier alpha value is -1.75. The Morgan fingerprint density at radius 3 is 3.08 bits per heavy atom. The summed E-state index contributed by atoms with van der Waals surface area (Å²) in [7, 11) is 2.12. The Balaban J connectivity index is 1.54. The second-order valence-electron chi connectivity index (χ2n) is 6.64. The predicted octanol–water partition coefficient (Wildman–Crippen LogP) is 2.10. The second kappa shape index (κ2) is 8.38. The van der Waals surface area contributed by atoms with Gasteiger partial charge in [0.2, 0.25) is 0 Å². The molecule has 5 heteroatoms. The topological polar surface area (TPSA) is 46.1 Å². The summed E-state index contributed by atoms with van der Waals surface area (Å²) < 4.78 is 11.0.